The maximum absolute atomic E-state index is 5.83. The van der Waals surface area contributed by atoms with Crippen LogP contribution in [0, 0.1) is 5.92 Å². The molecule has 0 bridgehead atoms. The highest BCUT2D eigenvalue weighted by molar-refractivity contribution is 5.40. The molecule has 0 radical (unpaired) electrons. The second-order valence-corrected chi connectivity index (χ2v) is 5.38. The van der Waals surface area contributed by atoms with E-state index in [1.165, 1.54) is 0 Å². The molecule has 0 fully saturated rings. The van der Waals surface area contributed by atoms with E-state index in [1.807, 2.05) is 13.1 Å². The van der Waals surface area contributed by atoms with Gasteiger partial charge in [-0.3, -0.25) is 0 Å². The quantitative estimate of drug-likeness (QED) is 0.853. The number of rotatable bonds is 5. The fraction of sp³-hybridized carbons (Fsp3) is 0.643. The van der Waals surface area contributed by atoms with Crippen molar-refractivity contribution >= 4 is 5.82 Å². The van der Waals surface area contributed by atoms with Gasteiger partial charge in [0.15, 0.2) is 0 Å². The van der Waals surface area contributed by atoms with Gasteiger partial charge in [0.1, 0.15) is 5.82 Å². The fourth-order valence-electron chi connectivity index (χ4n) is 1.80. The minimum Gasteiger partial charge on any atom is -0.354 e. The molecule has 0 amide bonds. The molecular formula is C14H25N3. The van der Waals surface area contributed by atoms with Crippen LogP contribution in [0.3, 0.4) is 0 Å². The molecule has 2 N–H and O–H groups in total. The topological polar surface area (TPSA) is 42.1 Å². The summed E-state index contributed by atoms with van der Waals surface area (Å²) in [6, 6.07) is 4.66. The first kappa shape index (κ1) is 14.0. The zero-order valence-corrected chi connectivity index (χ0v) is 11.6. The van der Waals surface area contributed by atoms with Crippen molar-refractivity contribution in [3.63, 3.8) is 0 Å². The molecule has 0 spiro atoms. The van der Waals surface area contributed by atoms with Crippen molar-refractivity contribution in [1.29, 1.82) is 0 Å². The molecular weight excluding hydrogens is 210 g/mol. The summed E-state index contributed by atoms with van der Waals surface area (Å²) in [5.74, 6) is 1.67. The van der Waals surface area contributed by atoms with Crippen LogP contribution in [0.2, 0.25) is 0 Å². The van der Waals surface area contributed by atoms with E-state index in [4.69, 9.17) is 5.73 Å². The average Bonchev–Trinajstić information content (AvgIpc) is 2.25. The maximum Gasteiger partial charge on any atom is 0.128 e. The minimum absolute atomic E-state index is 0.0501. The minimum atomic E-state index is 0.0501. The fourth-order valence-corrected chi connectivity index (χ4v) is 1.80. The van der Waals surface area contributed by atoms with Gasteiger partial charge in [0.2, 0.25) is 0 Å². The molecule has 96 valence electrons. The first-order chi connectivity index (χ1) is 7.91. The molecule has 0 aliphatic rings. The van der Waals surface area contributed by atoms with Crippen LogP contribution in [-0.4, -0.2) is 17.6 Å². The van der Waals surface area contributed by atoms with Crippen LogP contribution in [-0.2, 0) is 0 Å². The van der Waals surface area contributed by atoms with Crippen LogP contribution < -0.4 is 10.6 Å². The third kappa shape index (κ3) is 4.00. The Bertz CT molecular complexity index is 328. The molecule has 0 aromatic carbocycles. The molecule has 3 nitrogen and oxygen atoms in total. The van der Waals surface area contributed by atoms with Crippen molar-refractivity contribution in [3.8, 4) is 0 Å². The SMILES string of the molecule is CC(C)CN(c1ccc([C@H](C)N)cn1)C(C)C. The molecule has 0 aliphatic heterocycles. The maximum atomic E-state index is 5.83. The lowest BCUT2D eigenvalue weighted by atomic mass is 10.1. The van der Waals surface area contributed by atoms with Crippen LogP contribution in [0.25, 0.3) is 0 Å². The lowest BCUT2D eigenvalue weighted by Crippen LogP contribution is -2.34. The summed E-state index contributed by atoms with van der Waals surface area (Å²) in [7, 11) is 0. The van der Waals surface area contributed by atoms with Gasteiger partial charge in [0.25, 0.3) is 0 Å². The van der Waals surface area contributed by atoms with Crippen molar-refractivity contribution in [2.45, 2.75) is 46.7 Å². The molecule has 17 heavy (non-hydrogen) atoms. The number of hydrogen-bond donors (Lipinski definition) is 1. The van der Waals surface area contributed by atoms with Crippen molar-refractivity contribution in [2.24, 2.45) is 11.7 Å². The predicted molar refractivity (Wildman–Crippen MR) is 74.2 cm³/mol. The summed E-state index contributed by atoms with van der Waals surface area (Å²) in [5, 5.41) is 0. The first-order valence-corrected chi connectivity index (χ1v) is 6.40. The number of pyridine rings is 1. The molecule has 0 unspecified atom stereocenters. The van der Waals surface area contributed by atoms with Gasteiger partial charge < -0.3 is 10.6 Å². The van der Waals surface area contributed by atoms with E-state index >= 15 is 0 Å². The Balaban J connectivity index is 2.87. The smallest absolute Gasteiger partial charge is 0.128 e. The summed E-state index contributed by atoms with van der Waals surface area (Å²) in [6.07, 6.45) is 1.88. The molecule has 1 aromatic rings. The predicted octanol–water partition coefficient (Wildman–Crippen LogP) is 2.97. The van der Waals surface area contributed by atoms with Gasteiger partial charge in [-0.25, -0.2) is 4.98 Å². The Kier molecular flexibility index (Phi) is 4.94. The normalized spacial score (nSPS) is 13.2. The van der Waals surface area contributed by atoms with Gasteiger partial charge in [-0.2, -0.15) is 0 Å². The van der Waals surface area contributed by atoms with Crippen LogP contribution in [0.4, 0.5) is 5.82 Å². The summed E-state index contributed by atoms with van der Waals surface area (Å²) >= 11 is 0. The molecule has 1 rings (SSSR count). The monoisotopic (exact) mass is 235 g/mol. The highest BCUT2D eigenvalue weighted by Gasteiger charge is 2.13. The van der Waals surface area contributed by atoms with Gasteiger partial charge in [-0.05, 0) is 38.3 Å². The van der Waals surface area contributed by atoms with E-state index < -0.39 is 0 Å². The molecule has 0 saturated heterocycles. The number of aromatic nitrogens is 1. The Hall–Kier alpha value is -1.09. The summed E-state index contributed by atoms with van der Waals surface area (Å²) < 4.78 is 0. The van der Waals surface area contributed by atoms with Gasteiger partial charge >= 0.3 is 0 Å². The highest BCUT2D eigenvalue weighted by Crippen LogP contribution is 2.18. The number of hydrogen-bond acceptors (Lipinski definition) is 3. The highest BCUT2D eigenvalue weighted by atomic mass is 15.2. The first-order valence-electron chi connectivity index (χ1n) is 6.40. The number of anilines is 1. The molecule has 1 aromatic heterocycles. The van der Waals surface area contributed by atoms with Crippen molar-refractivity contribution in [2.75, 3.05) is 11.4 Å². The average molecular weight is 235 g/mol. The van der Waals surface area contributed by atoms with Gasteiger partial charge in [0.05, 0.1) is 0 Å². The van der Waals surface area contributed by atoms with E-state index in [0.29, 0.717) is 12.0 Å². The second-order valence-electron chi connectivity index (χ2n) is 5.38. The molecule has 3 heteroatoms. The number of nitrogens with two attached hydrogens (primary N) is 1. The summed E-state index contributed by atoms with van der Waals surface area (Å²) in [5.41, 5.74) is 6.91. The second kappa shape index (κ2) is 6.01. The van der Waals surface area contributed by atoms with Gasteiger partial charge in [0, 0.05) is 24.8 Å². The lowest BCUT2D eigenvalue weighted by Gasteiger charge is -2.29. The number of nitrogens with zero attached hydrogens (tertiary/aromatic N) is 2. The van der Waals surface area contributed by atoms with Crippen molar-refractivity contribution < 1.29 is 0 Å². The van der Waals surface area contributed by atoms with Crippen LogP contribution in [0.15, 0.2) is 18.3 Å². The Morgan fingerprint density at radius 1 is 1.18 bits per heavy atom. The van der Waals surface area contributed by atoms with Crippen LogP contribution in [0.1, 0.15) is 46.2 Å². The molecule has 1 atom stereocenters. The van der Waals surface area contributed by atoms with Gasteiger partial charge in [-0.1, -0.05) is 19.9 Å². The largest absolute Gasteiger partial charge is 0.354 e. The Labute approximate surface area is 105 Å². The Morgan fingerprint density at radius 3 is 2.18 bits per heavy atom. The van der Waals surface area contributed by atoms with E-state index in [2.05, 4.69) is 49.7 Å². The Morgan fingerprint density at radius 2 is 1.82 bits per heavy atom. The third-order valence-electron chi connectivity index (χ3n) is 2.78. The summed E-state index contributed by atoms with van der Waals surface area (Å²) in [4.78, 5) is 6.85. The van der Waals surface area contributed by atoms with Crippen molar-refractivity contribution in [1.82, 2.24) is 4.98 Å². The van der Waals surface area contributed by atoms with Crippen LogP contribution in [0.5, 0.6) is 0 Å². The summed E-state index contributed by atoms with van der Waals surface area (Å²) in [6.45, 7) is 11.9. The standard InChI is InChI=1S/C14H25N3/c1-10(2)9-17(11(3)4)14-7-6-13(8-16-14)12(5)15/h6-8,10-12H,9,15H2,1-5H3/t12-/m0/s1. The van der Waals surface area contributed by atoms with Gasteiger partial charge in [-0.15, -0.1) is 0 Å². The lowest BCUT2D eigenvalue weighted by molar-refractivity contribution is 0.566. The molecule has 0 saturated carbocycles. The zero-order valence-electron chi connectivity index (χ0n) is 11.6. The zero-order chi connectivity index (χ0) is 13.0. The van der Waals surface area contributed by atoms with E-state index in [0.717, 1.165) is 17.9 Å². The molecule has 1 heterocycles. The van der Waals surface area contributed by atoms with E-state index in [9.17, 15) is 0 Å². The van der Waals surface area contributed by atoms with E-state index in [1.54, 1.807) is 0 Å². The van der Waals surface area contributed by atoms with Crippen molar-refractivity contribution in [3.05, 3.63) is 23.9 Å². The third-order valence-corrected chi connectivity index (χ3v) is 2.78. The van der Waals surface area contributed by atoms with Crippen LogP contribution >= 0.6 is 0 Å². The van der Waals surface area contributed by atoms with E-state index in [-0.39, 0.29) is 6.04 Å². The molecule has 0 aliphatic carbocycles.